The number of carbonyl (C=O) groups excluding carboxylic acids is 1. The van der Waals surface area contributed by atoms with Crippen molar-refractivity contribution < 1.29 is 13.9 Å². The molecule has 0 spiro atoms. The topological polar surface area (TPSA) is 55.6 Å². The normalized spacial score (nSPS) is 24.1. The average molecular weight is 162 g/mol. The van der Waals surface area contributed by atoms with Crippen molar-refractivity contribution in [1.29, 1.82) is 0 Å². The molecule has 0 aliphatic carbocycles. The van der Waals surface area contributed by atoms with Crippen LogP contribution in [0.4, 0.5) is 9.18 Å². The number of ether oxygens (including phenoxy) is 1. The predicted octanol–water partition coefficient (Wildman–Crippen LogP) is 0.431. The van der Waals surface area contributed by atoms with Gasteiger partial charge in [0, 0.05) is 6.54 Å². The van der Waals surface area contributed by atoms with Gasteiger partial charge in [0.15, 0.2) is 6.86 Å². The molecule has 1 heterocycles. The zero-order valence-corrected chi connectivity index (χ0v) is 6.12. The van der Waals surface area contributed by atoms with Gasteiger partial charge < -0.3 is 10.5 Å². The molecule has 0 aromatic rings. The van der Waals surface area contributed by atoms with Gasteiger partial charge in [0.25, 0.3) is 0 Å². The van der Waals surface area contributed by atoms with E-state index in [2.05, 4.69) is 4.74 Å². The summed E-state index contributed by atoms with van der Waals surface area (Å²) in [5.74, 6) is 0. The van der Waals surface area contributed by atoms with Crippen molar-refractivity contribution in [2.75, 3.05) is 13.4 Å². The number of alkyl halides is 1. The lowest BCUT2D eigenvalue weighted by molar-refractivity contribution is -0.0548. The molecular formula is C6H11FN2O2. The monoisotopic (exact) mass is 162 g/mol. The third-order valence-corrected chi connectivity index (χ3v) is 1.74. The average Bonchev–Trinajstić information content (AvgIpc) is 2.36. The molecule has 0 aromatic carbocycles. The van der Waals surface area contributed by atoms with Crippen molar-refractivity contribution in [3.05, 3.63) is 0 Å². The Morgan fingerprint density at radius 3 is 3.09 bits per heavy atom. The minimum absolute atomic E-state index is 0.447. The van der Waals surface area contributed by atoms with E-state index in [4.69, 9.17) is 5.73 Å². The maximum atomic E-state index is 11.7. The number of carbonyl (C=O) groups is 1. The number of urea groups is 1. The highest BCUT2D eigenvalue weighted by Crippen LogP contribution is 2.17. The molecule has 1 unspecified atom stereocenters. The first-order chi connectivity index (χ1) is 5.25. The van der Waals surface area contributed by atoms with Crippen LogP contribution < -0.4 is 5.73 Å². The maximum Gasteiger partial charge on any atom is 0.316 e. The molecule has 0 saturated carbocycles. The van der Waals surface area contributed by atoms with E-state index in [1.807, 2.05) is 0 Å². The Bertz CT molecular complexity index is 154. The second kappa shape index (κ2) is 3.52. The summed E-state index contributed by atoms with van der Waals surface area (Å²) in [6.45, 7) is -0.297. The van der Waals surface area contributed by atoms with E-state index in [1.54, 1.807) is 0 Å². The Kier molecular flexibility index (Phi) is 2.64. The van der Waals surface area contributed by atoms with Crippen molar-refractivity contribution in [3.63, 3.8) is 0 Å². The van der Waals surface area contributed by atoms with Gasteiger partial charge in [0.05, 0.1) is 0 Å². The van der Waals surface area contributed by atoms with Crippen molar-refractivity contribution in [1.82, 2.24) is 4.90 Å². The molecule has 1 rings (SSSR count). The standard InChI is InChI=1S/C6H11FN2O2/c7-4-11-5-2-1-3-9(5)6(8)10/h5H,1-4H2,(H2,8,10). The quantitative estimate of drug-likeness (QED) is 0.640. The highest BCUT2D eigenvalue weighted by molar-refractivity contribution is 5.72. The van der Waals surface area contributed by atoms with Gasteiger partial charge in [-0.25, -0.2) is 9.18 Å². The first-order valence-electron chi connectivity index (χ1n) is 3.49. The molecule has 0 radical (unpaired) electrons. The van der Waals surface area contributed by atoms with E-state index in [0.717, 1.165) is 6.42 Å². The molecule has 0 aromatic heterocycles. The van der Waals surface area contributed by atoms with Gasteiger partial charge >= 0.3 is 6.03 Å². The number of hydrogen-bond acceptors (Lipinski definition) is 2. The van der Waals surface area contributed by atoms with Crippen LogP contribution in [0.3, 0.4) is 0 Å². The zero-order chi connectivity index (χ0) is 8.27. The Labute approximate surface area is 64.1 Å². The second-order valence-electron chi connectivity index (χ2n) is 2.40. The number of likely N-dealkylation sites (tertiary alicyclic amines) is 1. The van der Waals surface area contributed by atoms with E-state index >= 15 is 0 Å². The molecule has 1 saturated heterocycles. The van der Waals surface area contributed by atoms with Crippen molar-refractivity contribution in [2.45, 2.75) is 19.1 Å². The van der Waals surface area contributed by atoms with E-state index < -0.39 is 19.1 Å². The molecule has 1 aliphatic rings. The first-order valence-corrected chi connectivity index (χ1v) is 3.49. The van der Waals surface area contributed by atoms with Gasteiger partial charge in [-0.2, -0.15) is 0 Å². The van der Waals surface area contributed by atoms with Gasteiger partial charge in [-0.3, -0.25) is 4.90 Å². The fourth-order valence-electron chi connectivity index (χ4n) is 1.23. The Hall–Kier alpha value is -0.840. The SMILES string of the molecule is NC(=O)N1CCCC1OCF. The summed E-state index contributed by atoms with van der Waals surface area (Å²) in [5, 5.41) is 0. The first kappa shape index (κ1) is 8.26. The molecule has 1 atom stereocenters. The summed E-state index contributed by atoms with van der Waals surface area (Å²) >= 11 is 0. The van der Waals surface area contributed by atoms with E-state index in [1.165, 1.54) is 4.90 Å². The van der Waals surface area contributed by atoms with Gasteiger partial charge in [-0.15, -0.1) is 0 Å². The highest BCUT2D eigenvalue weighted by atomic mass is 19.1. The van der Waals surface area contributed by atoms with Gasteiger partial charge in [-0.1, -0.05) is 0 Å². The molecule has 2 amide bonds. The number of hydrogen-bond donors (Lipinski definition) is 1. The highest BCUT2D eigenvalue weighted by Gasteiger charge is 2.27. The molecule has 4 nitrogen and oxygen atoms in total. The van der Waals surface area contributed by atoms with E-state index in [0.29, 0.717) is 13.0 Å². The summed E-state index contributed by atoms with van der Waals surface area (Å²) in [6.07, 6.45) is 1.05. The summed E-state index contributed by atoms with van der Waals surface area (Å²) in [4.78, 5) is 12.0. The molecule has 0 bridgehead atoms. The molecular weight excluding hydrogens is 151 g/mol. The van der Waals surface area contributed by atoms with Crippen LogP contribution in [-0.2, 0) is 4.74 Å². The summed E-state index contributed by atoms with van der Waals surface area (Å²) < 4.78 is 16.3. The third kappa shape index (κ3) is 1.80. The Morgan fingerprint density at radius 2 is 2.55 bits per heavy atom. The van der Waals surface area contributed by atoms with Crippen molar-refractivity contribution >= 4 is 6.03 Å². The van der Waals surface area contributed by atoms with Crippen LogP contribution in [-0.4, -0.2) is 30.6 Å². The summed E-state index contributed by atoms with van der Waals surface area (Å²) in [7, 11) is 0. The zero-order valence-electron chi connectivity index (χ0n) is 6.12. The van der Waals surface area contributed by atoms with Gasteiger partial charge in [-0.05, 0) is 12.8 Å². The van der Waals surface area contributed by atoms with Crippen LogP contribution in [0.15, 0.2) is 0 Å². The van der Waals surface area contributed by atoms with Gasteiger partial charge in [0.2, 0.25) is 0 Å². The third-order valence-electron chi connectivity index (χ3n) is 1.74. The molecule has 1 fully saturated rings. The largest absolute Gasteiger partial charge is 0.351 e. The van der Waals surface area contributed by atoms with Crippen LogP contribution in [0.5, 0.6) is 0 Å². The number of rotatable bonds is 2. The molecule has 2 N–H and O–H groups in total. The number of nitrogens with two attached hydrogens (primary N) is 1. The van der Waals surface area contributed by atoms with Crippen LogP contribution in [0.1, 0.15) is 12.8 Å². The lowest BCUT2D eigenvalue weighted by Crippen LogP contribution is -2.40. The molecule has 5 heteroatoms. The fraction of sp³-hybridized carbons (Fsp3) is 0.833. The Balaban J connectivity index is 2.44. The minimum Gasteiger partial charge on any atom is -0.351 e. The second-order valence-corrected chi connectivity index (χ2v) is 2.40. The fourth-order valence-corrected chi connectivity index (χ4v) is 1.23. The number of nitrogens with zero attached hydrogens (tertiary/aromatic N) is 1. The van der Waals surface area contributed by atoms with E-state index in [9.17, 15) is 9.18 Å². The van der Waals surface area contributed by atoms with E-state index in [-0.39, 0.29) is 0 Å². The van der Waals surface area contributed by atoms with Crippen molar-refractivity contribution in [3.8, 4) is 0 Å². The molecule has 64 valence electrons. The molecule has 1 aliphatic heterocycles. The Morgan fingerprint density at radius 1 is 1.82 bits per heavy atom. The van der Waals surface area contributed by atoms with Crippen LogP contribution in [0.2, 0.25) is 0 Å². The number of primary amides is 1. The maximum absolute atomic E-state index is 11.7. The van der Waals surface area contributed by atoms with Crippen LogP contribution in [0, 0.1) is 0 Å². The summed E-state index contributed by atoms with van der Waals surface area (Å²) in [6, 6.07) is -0.541. The molecule has 11 heavy (non-hydrogen) atoms. The minimum atomic E-state index is -0.867. The predicted molar refractivity (Wildman–Crippen MR) is 36.4 cm³/mol. The number of amides is 2. The number of halogens is 1. The smallest absolute Gasteiger partial charge is 0.316 e. The van der Waals surface area contributed by atoms with Gasteiger partial charge in [0.1, 0.15) is 6.23 Å². The van der Waals surface area contributed by atoms with Crippen LogP contribution >= 0.6 is 0 Å². The lowest BCUT2D eigenvalue weighted by atomic mass is 10.4. The van der Waals surface area contributed by atoms with Crippen molar-refractivity contribution in [2.24, 2.45) is 5.73 Å². The van der Waals surface area contributed by atoms with Crippen LogP contribution in [0.25, 0.3) is 0 Å². The lowest BCUT2D eigenvalue weighted by Gasteiger charge is -2.20. The summed E-state index contributed by atoms with van der Waals surface area (Å²) in [5.41, 5.74) is 5.00.